The van der Waals surface area contributed by atoms with Crippen LogP contribution in [0, 0.1) is 47.3 Å². The Morgan fingerprint density at radius 3 is 2.64 bits per heavy atom. The lowest BCUT2D eigenvalue weighted by atomic mass is 9.42. The number of fused-ring (bicyclic) bond motifs is 5. The van der Waals surface area contributed by atoms with Gasteiger partial charge in [0.05, 0.1) is 5.60 Å². The third-order valence-electron chi connectivity index (χ3n) is 11.0. The third-order valence-corrected chi connectivity index (χ3v) is 11.0. The van der Waals surface area contributed by atoms with Crippen molar-refractivity contribution >= 4 is 5.78 Å². The smallest absolute Gasteiger partial charge is 0.166 e. The maximum atomic E-state index is 13.7. The Bertz CT molecular complexity index is 890. The van der Waals surface area contributed by atoms with Crippen LogP contribution in [-0.2, 0) is 4.74 Å². The van der Waals surface area contributed by atoms with Crippen molar-refractivity contribution in [3.05, 3.63) is 35.4 Å². The zero-order valence-electron chi connectivity index (χ0n) is 21.2. The molecule has 4 saturated carbocycles. The first kappa shape index (κ1) is 23.5. The van der Waals surface area contributed by atoms with Crippen LogP contribution >= 0.6 is 0 Å². The number of hydrogen-bond donors (Lipinski definition) is 1. The van der Waals surface area contributed by atoms with Gasteiger partial charge in [-0.25, -0.2) is 0 Å². The van der Waals surface area contributed by atoms with Crippen molar-refractivity contribution in [2.75, 3.05) is 13.7 Å². The van der Waals surface area contributed by atoms with Crippen molar-refractivity contribution in [2.24, 2.45) is 40.4 Å². The van der Waals surface area contributed by atoms with Gasteiger partial charge in [0, 0.05) is 25.2 Å². The first-order valence-electron chi connectivity index (χ1n) is 13.5. The fraction of sp³-hybridized carbons (Fsp3) is 0.767. The fourth-order valence-corrected chi connectivity index (χ4v) is 9.45. The topological polar surface area (TPSA) is 46.5 Å². The van der Waals surface area contributed by atoms with E-state index in [4.69, 9.17) is 4.74 Å². The molecule has 3 nitrogen and oxygen atoms in total. The van der Waals surface area contributed by atoms with Crippen LogP contribution < -0.4 is 0 Å². The van der Waals surface area contributed by atoms with E-state index in [1.54, 1.807) is 0 Å². The van der Waals surface area contributed by atoms with Crippen molar-refractivity contribution < 1.29 is 14.6 Å². The summed E-state index contributed by atoms with van der Waals surface area (Å²) >= 11 is 0. The van der Waals surface area contributed by atoms with Crippen molar-refractivity contribution in [1.29, 1.82) is 0 Å². The van der Waals surface area contributed by atoms with Gasteiger partial charge in [-0.2, -0.15) is 0 Å². The Labute approximate surface area is 200 Å². The van der Waals surface area contributed by atoms with Gasteiger partial charge in [0.1, 0.15) is 0 Å². The highest BCUT2D eigenvalue weighted by Gasteiger charge is 2.62. The van der Waals surface area contributed by atoms with Crippen LogP contribution in [-0.4, -0.2) is 30.2 Å². The lowest BCUT2D eigenvalue weighted by Gasteiger charge is -2.63. The number of Topliss-reactive ketones (excluding diaryl/α,β-unsaturated/α-hetero) is 1. The van der Waals surface area contributed by atoms with Gasteiger partial charge in [0.15, 0.2) is 5.78 Å². The summed E-state index contributed by atoms with van der Waals surface area (Å²) in [6.07, 6.45) is 11.4. The van der Waals surface area contributed by atoms with E-state index in [2.05, 4.69) is 32.9 Å². The lowest BCUT2D eigenvalue weighted by molar-refractivity contribution is -0.160. The molecule has 0 radical (unpaired) electrons. The van der Waals surface area contributed by atoms with E-state index in [9.17, 15) is 9.90 Å². The third kappa shape index (κ3) is 3.82. The van der Waals surface area contributed by atoms with E-state index < -0.39 is 5.60 Å². The molecule has 5 rings (SSSR count). The number of hydrogen-bond acceptors (Lipinski definition) is 3. The monoisotopic (exact) mass is 452 g/mol. The first-order valence-corrected chi connectivity index (χ1v) is 13.5. The van der Waals surface area contributed by atoms with Crippen LogP contribution in [0.4, 0.5) is 0 Å². The van der Waals surface area contributed by atoms with Crippen molar-refractivity contribution in [3.63, 3.8) is 0 Å². The number of ketones is 1. The van der Waals surface area contributed by atoms with E-state index in [0.29, 0.717) is 23.0 Å². The van der Waals surface area contributed by atoms with Crippen molar-refractivity contribution in [3.8, 4) is 0 Å². The molecule has 1 N–H and O–H groups in total. The van der Waals surface area contributed by atoms with Crippen LogP contribution in [0.15, 0.2) is 24.3 Å². The quantitative estimate of drug-likeness (QED) is 0.512. The Hall–Kier alpha value is -1.19. The average molecular weight is 453 g/mol. The van der Waals surface area contributed by atoms with Gasteiger partial charge < -0.3 is 9.84 Å². The number of rotatable bonds is 5. The van der Waals surface area contributed by atoms with Gasteiger partial charge in [-0.1, -0.05) is 30.7 Å². The molecule has 4 aliphatic rings. The number of methoxy groups -OCH3 is 1. The van der Waals surface area contributed by atoms with E-state index >= 15 is 0 Å². The number of aryl methyl sites for hydroxylation is 1. The van der Waals surface area contributed by atoms with Crippen LogP contribution in [0.1, 0.15) is 94.0 Å². The molecule has 0 amide bonds. The van der Waals surface area contributed by atoms with Crippen LogP contribution in [0.3, 0.4) is 0 Å². The predicted octanol–water partition coefficient (Wildman–Crippen LogP) is 6.60. The molecule has 3 heteroatoms. The minimum Gasteiger partial charge on any atom is -0.390 e. The zero-order chi connectivity index (χ0) is 23.4. The maximum Gasteiger partial charge on any atom is 0.166 e. The largest absolute Gasteiger partial charge is 0.390 e. The molecule has 182 valence electrons. The van der Waals surface area contributed by atoms with E-state index in [1.807, 2.05) is 19.2 Å². The summed E-state index contributed by atoms with van der Waals surface area (Å²) in [4.78, 5) is 13.7. The number of benzene rings is 1. The molecule has 0 saturated heterocycles. The molecule has 33 heavy (non-hydrogen) atoms. The highest BCUT2D eigenvalue weighted by Crippen LogP contribution is 2.69. The summed E-state index contributed by atoms with van der Waals surface area (Å²) in [6.45, 7) is 7.42. The zero-order valence-corrected chi connectivity index (χ0v) is 21.2. The van der Waals surface area contributed by atoms with Gasteiger partial charge in [-0.15, -0.1) is 0 Å². The molecule has 0 aromatic heterocycles. The van der Waals surface area contributed by atoms with E-state index in [1.165, 1.54) is 37.7 Å². The maximum absolute atomic E-state index is 13.7. The Kier molecular flexibility index (Phi) is 6.05. The fourth-order valence-electron chi connectivity index (χ4n) is 9.45. The van der Waals surface area contributed by atoms with Gasteiger partial charge in [-0.3, -0.25) is 4.79 Å². The summed E-state index contributed by atoms with van der Waals surface area (Å²) in [6, 6.07) is 8.23. The molecule has 0 spiro atoms. The minimum absolute atomic E-state index is 0.136. The summed E-state index contributed by atoms with van der Waals surface area (Å²) in [5.41, 5.74) is 2.05. The Morgan fingerprint density at radius 1 is 1.06 bits per heavy atom. The number of ether oxygens (including phenoxy) is 1. The van der Waals surface area contributed by atoms with E-state index in [-0.39, 0.29) is 11.3 Å². The predicted molar refractivity (Wildman–Crippen MR) is 132 cm³/mol. The van der Waals surface area contributed by atoms with Gasteiger partial charge in [0.2, 0.25) is 0 Å². The summed E-state index contributed by atoms with van der Waals surface area (Å²) in [7, 11) is 1.83. The lowest BCUT2D eigenvalue weighted by Crippen LogP contribution is -2.57. The minimum atomic E-state index is -0.504. The number of aliphatic hydroxyl groups is 1. The van der Waals surface area contributed by atoms with Crippen LogP contribution in [0.2, 0.25) is 0 Å². The van der Waals surface area contributed by atoms with Gasteiger partial charge in [0.25, 0.3) is 0 Å². The second-order valence-corrected chi connectivity index (χ2v) is 12.7. The molecule has 1 aromatic carbocycles. The van der Waals surface area contributed by atoms with Gasteiger partial charge in [-0.05, 0) is 119 Å². The molecule has 0 unspecified atom stereocenters. The van der Waals surface area contributed by atoms with Crippen LogP contribution in [0.5, 0.6) is 0 Å². The molecule has 1 aromatic rings. The van der Waals surface area contributed by atoms with Crippen molar-refractivity contribution in [2.45, 2.75) is 90.6 Å². The Morgan fingerprint density at radius 2 is 1.88 bits per heavy atom. The standard InChI is InChI=1S/C30H44O3/c1-20-6-5-7-21(18-20)27(31)26-11-10-24-23-9-8-22-19-28(2,32)14-15-30(22,16-17-33-4)25(23)12-13-29(24,26)3/h5-7,18,22-26,32H,8-17,19H2,1-4H3/t22-,23-,24-,25-,26+,28+,29-,30+/m0/s1. The average Bonchev–Trinajstić information content (AvgIpc) is 3.14. The highest BCUT2D eigenvalue weighted by molar-refractivity contribution is 5.98. The molecule has 0 bridgehead atoms. The number of carbonyl (C=O) groups excluding carboxylic acids is 1. The summed E-state index contributed by atoms with van der Waals surface area (Å²) in [5.74, 6) is 3.30. The second kappa shape index (κ2) is 8.48. The molecule has 8 atom stereocenters. The van der Waals surface area contributed by atoms with E-state index in [0.717, 1.165) is 56.1 Å². The molecular weight excluding hydrogens is 408 g/mol. The SMILES string of the molecule is COCC[C@]12CC[C@@](C)(O)C[C@@H]1CC[C@H]1[C@@H]3CC[C@H](C(=O)c4cccc(C)c4)[C@@]3(C)CC[C@@H]12. The second-order valence-electron chi connectivity index (χ2n) is 12.7. The normalized spacial score (nSPS) is 44.6. The van der Waals surface area contributed by atoms with Crippen LogP contribution in [0.25, 0.3) is 0 Å². The molecule has 4 aliphatic carbocycles. The summed E-state index contributed by atoms with van der Waals surface area (Å²) < 4.78 is 5.63. The first-order chi connectivity index (χ1) is 15.7. The molecule has 0 aliphatic heterocycles. The number of carbonyl (C=O) groups is 1. The highest BCUT2D eigenvalue weighted by atomic mass is 16.5. The van der Waals surface area contributed by atoms with Gasteiger partial charge >= 0.3 is 0 Å². The molecule has 0 heterocycles. The van der Waals surface area contributed by atoms with Crippen molar-refractivity contribution in [1.82, 2.24) is 0 Å². The molecular formula is C30H44O3. The summed E-state index contributed by atoms with van der Waals surface area (Å²) in [5, 5.41) is 10.9. The Balaban J connectivity index is 1.42. The molecule has 4 fully saturated rings.